The van der Waals surface area contributed by atoms with E-state index in [4.69, 9.17) is 4.74 Å². The van der Waals surface area contributed by atoms with Crippen molar-refractivity contribution in [3.05, 3.63) is 54.1 Å². The van der Waals surface area contributed by atoms with Crippen LogP contribution in [0.2, 0.25) is 0 Å². The number of hydrogen-bond donors (Lipinski definition) is 0. The van der Waals surface area contributed by atoms with Gasteiger partial charge in [0.25, 0.3) is 0 Å². The van der Waals surface area contributed by atoms with Crippen molar-refractivity contribution in [1.82, 2.24) is 0 Å². The van der Waals surface area contributed by atoms with Crippen LogP contribution >= 0.6 is 0 Å². The van der Waals surface area contributed by atoms with Gasteiger partial charge in [-0.2, -0.15) is 0 Å². The van der Waals surface area contributed by atoms with E-state index in [1.54, 1.807) is 7.11 Å². The summed E-state index contributed by atoms with van der Waals surface area (Å²) in [5.41, 5.74) is 2.74. The number of hydrogen-bond acceptors (Lipinski definition) is 3. The lowest BCUT2D eigenvalue weighted by atomic mass is 10.1. The van der Waals surface area contributed by atoms with Crippen molar-refractivity contribution in [2.24, 2.45) is 5.92 Å². The van der Waals surface area contributed by atoms with E-state index in [0.717, 1.165) is 42.0 Å². The van der Waals surface area contributed by atoms with Gasteiger partial charge in [0.15, 0.2) is 0 Å². The van der Waals surface area contributed by atoms with E-state index in [0.29, 0.717) is 25.9 Å². The molecule has 5 heteroatoms. The standard InChI is InChI=1S/C23H26N2O3/c1-28-21-10-5-2-7-17(21)13-14-22(26)24-15-6-16-25(23(27)18-11-12-18)20-9-4-3-8-19(20)24/h2-5,7-10,18H,6,11-16H2,1H3. The highest BCUT2D eigenvalue weighted by atomic mass is 16.5. The molecule has 28 heavy (non-hydrogen) atoms. The average molecular weight is 378 g/mol. The van der Waals surface area contributed by atoms with Gasteiger partial charge in [-0.1, -0.05) is 30.3 Å². The summed E-state index contributed by atoms with van der Waals surface area (Å²) in [5.74, 6) is 1.27. The van der Waals surface area contributed by atoms with Crippen LogP contribution in [0.4, 0.5) is 11.4 Å². The number of nitrogens with zero attached hydrogens (tertiary/aromatic N) is 2. The second kappa shape index (κ2) is 8.05. The highest BCUT2D eigenvalue weighted by Crippen LogP contribution is 2.38. The summed E-state index contributed by atoms with van der Waals surface area (Å²) in [6.07, 6.45) is 3.79. The highest BCUT2D eigenvalue weighted by Gasteiger charge is 2.36. The molecule has 1 fully saturated rings. The van der Waals surface area contributed by atoms with Crippen molar-refractivity contribution in [2.75, 3.05) is 30.0 Å². The van der Waals surface area contributed by atoms with Crippen molar-refractivity contribution in [1.29, 1.82) is 0 Å². The lowest BCUT2D eigenvalue weighted by Crippen LogP contribution is -2.32. The predicted molar refractivity (Wildman–Crippen MR) is 110 cm³/mol. The van der Waals surface area contributed by atoms with Crippen LogP contribution in [0.15, 0.2) is 48.5 Å². The van der Waals surface area contributed by atoms with Gasteiger partial charge in [-0.25, -0.2) is 0 Å². The summed E-state index contributed by atoms with van der Waals surface area (Å²) in [6.45, 7) is 1.30. The number of rotatable bonds is 5. The molecular formula is C23H26N2O3. The number of carbonyl (C=O) groups is 2. The minimum absolute atomic E-state index is 0.0825. The highest BCUT2D eigenvalue weighted by molar-refractivity contribution is 6.04. The van der Waals surface area contributed by atoms with Crippen molar-refractivity contribution in [3.8, 4) is 5.75 Å². The first kappa shape index (κ1) is 18.5. The molecule has 0 bridgehead atoms. The second-order valence-electron chi connectivity index (χ2n) is 7.46. The smallest absolute Gasteiger partial charge is 0.230 e. The van der Waals surface area contributed by atoms with Gasteiger partial charge in [-0.05, 0) is 49.4 Å². The molecule has 0 radical (unpaired) electrons. The molecule has 1 heterocycles. The Morgan fingerprint density at radius 3 is 2.32 bits per heavy atom. The molecule has 2 aromatic rings. The monoisotopic (exact) mass is 378 g/mol. The zero-order valence-corrected chi connectivity index (χ0v) is 16.3. The van der Waals surface area contributed by atoms with Crippen LogP contribution in [0.1, 0.15) is 31.2 Å². The third kappa shape index (κ3) is 3.75. The van der Waals surface area contributed by atoms with Gasteiger partial charge in [0.1, 0.15) is 5.75 Å². The first-order valence-electron chi connectivity index (χ1n) is 10.0. The Bertz CT molecular complexity index is 876. The van der Waals surface area contributed by atoms with Gasteiger partial charge in [-0.15, -0.1) is 0 Å². The minimum atomic E-state index is 0.0825. The van der Waals surface area contributed by atoms with E-state index in [9.17, 15) is 9.59 Å². The number of fused-ring (bicyclic) bond motifs is 1. The SMILES string of the molecule is COc1ccccc1CCC(=O)N1CCCN(C(=O)C2CC2)c2ccccc21. The molecule has 0 saturated heterocycles. The molecule has 4 rings (SSSR count). The van der Waals surface area contributed by atoms with Crippen LogP contribution in [-0.2, 0) is 16.0 Å². The molecule has 2 aliphatic rings. The quantitative estimate of drug-likeness (QED) is 0.795. The van der Waals surface area contributed by atoms with Crippen LogP contribution in [0, 0.1) is 5.92 Å². The average Bonchev–Trinajstić information content (AvgIpc) is 3.58. The minimum Gasteiger partial charge on any atom is -0.496 e. The van der Waals surface area contributed by atoms with Crippen LogP contribution < -0.4 is 14.5 Å². The summed E-state index contributed by atoms with van der Waals surface area (Å²) in [4.78, 5) is 29.6. The number of anilines is 2. The van der Waals surface area contributed by atoms with E-state index in [1.165, 1.54) is 0 Å². The van der Waals surface area contributed by atoms with Crippen molar-refractivity contribution in [2.45, 2.75) is 32.1 Å². The van der Waals surface area contributed by atoms with Gasteiger partial charge in [0.2, 0.25) is 11.8 Å². The normalized spacial score (nSPS) is 16.3. The van der Waals surface area contributed by atoms with E-state index in [1.807, 2.05) is 58.3 Å². The zero-order chi connectivity index (χ0) is 19.5. The Hall–Kier alpha value is -2.82. The maximum atomic E-state index is 13.1. The largest absolute Gasteiger partial charge is 0.496 e. The number of aryl methyl sites for hydroxylation is 1. The molecule has 5 nitrogen and oxygen atoms in total. The van der Waals surface area contributed by atoms with E-state index >= 15 is 0 Å². The van der Waals surface area contributed by atoms with Crippen molar-refractivity contribution >= 4 is 23.2 Å². The maximum absolute atomic E-state index is 13.1. The summed E-state index contributed by atoms with van der Waals surface area (Å²) in [6, 6.07) is 15.6. The maximum Gasteiger partial charge on any atom is 0.230 e. The first-order chi connectivity index (χ1) is 13.7. The van der Waals surface area contributed by atoms with Gasteiger partial charge in [-0.3, -0.25) is 9.59 Å². The van der Waals surface area contributed by atoms with Gasteiger partial charge >= 0.3 is 0 Å². The molecule has 2 aromatic carbocycles. The van der Waals surface area contributed by atoms with Crippen LogP contribution in [-0.4, -0.2) is 32.0 Å². The van der Waals surface area contributed by atoms with Gasteiger partial charge < -0.3 is 14.5 Å². The fraction of sp³-hybridized carbons (Fsp3) is 0.391. The van der Waals surface area contributed by atoms with Crippen LogP contribution in [0.5, 0.6) is 5.75 Å². The lowest BCUT2D eigenvalue weighted by molar-refractivity contribution is -0.120. The van der Waals surface area contributed by atoms with E-state index in [-0.39, 0.29) is 17.7 Å². The third-order valence-electron chi connectivity index (χ3n) is 5.52. The Labute approximate surface area is 165 Å². The number of para-hydroxylation sites is 3. The number of methoxy groups -OCH3 is 1. The second-order valence-corrected chi connectivity index (χ2v) is 7.46. The fourth-order valence-electron chi connectivity index (χ4n) is 3.87. The van der Waals surface area contributed by atoms with Crippen LogP contribution in [0.25, 0.3) is 0 Å². The predicted octanol–water partition coefficient (Wildman–Crippen LogP) is 3.81. The molecule has 0 N–H and O–H groups in total. The Kier molecular flexibility index (Phi) is 5.33. The molecule has 0 unspecified atom stereocenters. The molecule has 1 aliphatic heterocycles. The summed E-state index contributed by atoms with van der Waals surface area (Å²) >= 11 is 0. The van der Waals surface area contributed by atoms with Crippen molar-refractivity contribution < 1.29 is 14.3 Å². The van der Waals surface area contributed by atoms with E-state index in [2.05, 4.69) is 0 Å². The molecule has 1 saturated carbocycles. The van der Waals surface area contributed by atoms with Crippen LogP contribution in [0.3, 0.4) is 0 Å². The van der Waals surface area contributed by atoms with Crippen molar-refractivity contribution in [3.63, 3.8) is 0 Å². The first-order valence-corrected chi connectivity index (χ1v) is 10.0. The number of benzene rings is 2. The topological polar surface area (TPSA) is 49.9 Å². The molecule has 2 amide bonds. The van der Waals surface area contributed by atoms with Gasteiger partial charge in [0, 0.05) is 25.4 Å². The van der Waals surface area contributed by atoms with Gasteiger partial charge in [0.05, 0.1) is 18.5 Å². The fourth-order valence-corrected chi connectivity index (χ4v) is 3.87. The summed E-state index contributed by atoms with van der Waals surface area (Å²) < 4.78 is 5.40. The Balaban J connectivity index is 1.54. The third-order valence-corrected chi connectivity index (χ3v) is 5.52. The molecule has 1 aliphatic carbocycles. The zero-order valence-electron chi connectivity index (χ0n) is 16.3. The number of ether oxygens (including phenoxy) is 1. The number of carbonyl (C=O) groups excluding carboxylic acids is 2. The summed E-state index contributed by atoms with van der Waals surface area (Å²) in [7, 11) is 1.65. The lowest BCUT2D eigenvalue weighted by Gasteiger charge is -2.25. The molecular weight excluding hydrogens is 352 g/mol. The Morgan fingerprint density at radius 2 is 1.61 bits per heavy atom. The molecule has 0 spiro atoms. The molecule has 0 atom stereocenters. The number of amides is 2. The summed E-state index contributed by atoms with van der Waals surface area (Å²) in [5, 5.41) is 0. The van der Waals surface area contributed by atoms with E-state index < -0.39 is 0 Å². The molecule has 0 aromatic heterocycles. The Morgan fingerprint density at radius 1 is 0.964 bits per heavy atom. The molecule has 146 valence electrons.